The number of hydrogen-bond acceptors (Lipinski definition) is 1. The zero-order chi connectivity index (χ0) is 10.8. The second-order valence-corrected chi connectivity index (χ2v) is 4.98. The highest BCUT2D eigenvalue weighted by Gasteiger charge is 2.14. The van der Waals surface area contributed by atoms with Crippen molar-refractivity contribution in [3.8, 4) is 0 Å². The Bertz CT molecular complexity index is 106. The van der Waals surface area contributed by atoms with Gasteiger partial charge in [0.15, 0.2) is 0 Å². The maximum absolute atomic E-state index is 4.26. The molecular weight excluding hydrogens is 188 g/mol. The third-order valence-electron chi connectivity index (χ3n) is 3.19. The van der Waals surface area contributed by atoms with E-state index in [1.165, 1.54) is 44.9 Å². The highest BCUT2D eigenvalue weighted by molar-refractivity contribution is 7.80. The Balaban J connectivity index is 3.69. The van der Waals surface area contributed by atoms with Crippen LogP contribution in [0.25, 0.3) is 0 Å². The molecule has 86 valence electrons. The molecule has 0 heterocycles. The van der Waals surface area contributed by atoms with E-state index in [2.05, 4.69) is 33.4 Å². The lowest BCUT2D eigenvalue weighted by Gasteiger charge is -2.23. The second kappa shape index (κ2) is 9.89. The zero-order valence-electron chi connectivity index (χ0n) is 10.3. The average Bonchev–Trinajstić information content (AvgIpc) is 2.18. The van der Waals surface area contributed by atoms with Gasteiger partial charge in [0.1, 0.15) is 0 Å². The molecule has 0 rings (SSSR count). The lowest BCUT2D eigenvalue weighted by Crippen LogP contribution is -2.11. The Morgan fingerprint density at radius 2 is 1.50 bits per heavy atom. The van der Waals surface area contributed by atoms with Gasteiger partial charge in [0.25, 0.3) is 0 Å². The predicted molar refractivity (Wildman–Crippen MR) is 70.2 cm³/mol. The monoisotopic (exact) mass is 216 g/mol. The van der Waals surface area contributed by atoms with E-state index in [1.54, 1.807) is 0 Å². The summed E-state index contributed by atoms with van der Waals surface area (Å²) in [5.74, 6) is 2.96. The van der Waals surface area contributed by atoms with Crippen molar-refractivity contribution in [1.29, 1.82) is 0 Å². The van der Waals surface area contributed by atoms with Gasteiger partial charge in [-0.25, -0.2) is 0 Å². The van der Waals surface area contributed by atoms with Gasteiger partial charge in [-0.2, -0.15) is 12.6 Å². The fraction of sp³-hybridized carbons (Fsp3) is 1.00. The van der Waals surface area contributed by atoms with Gasteiger partial charge in [-0.15, -0.1) is 0 Å². The van der Waals surface area contributed by atoms with Crippen LogP contribution in [-0.2, 0) is 0 Å². The van der Waals surface area contributed by atoms with Crippen LogP contribution < -0.4 is 0 Å². The molecule has 0 fully saturated rings. The molecule has 1 atom stereocenters. The van der Waals surface area contributed by atoms with Gasteiger partial charge in [0, 0.05) is 0 Å². The second-order valence-electron chi connectivity index (χ2n) is 4.53. The number of unbranched alkanes of at least 4 members (excludes halogenated alkanes) is 1. The van der Waals surface area contributed by atoms with E-state index in [4.69, 9.17) is 0 Å². The van der Waals surface area contributed by atoms with Crippen molar-refractivity contribution in [3.05, 3.63) is 0 Å². The molecule has 1 heteroatoms. The summed E-state index contributed by atoms with van der Waals surface area (Å²) in [6.45, 7) is 7.06. The van der Waals surface area contributed by atoms with Crippen LogP contribution in [0.1, 0.15) is 65.7 Å². The summed E-state index contributed by atoms with van der Waals surface area (Å²) in [4.78, 5) is 0. The van der Waals surface area contributed by atoms with Crippen molar-refractivity contribution in [2.24, 2.45) is 11.8 Å². The maximum Gasteiger partial charge on any atom is -0.00979 e. The highest BCUT2D eigenvalue weighted by atomic mass is 32.1. The normalized spacial score (nSPS) is 13.5. The van der Waals surface area contributed by atoms with Crippen LogP contribution in [-0.4, -0.2) is 5.75 Å². The molecule has 1 unspecified atom stereocenters. The van der Waals surface area contributed by atoms with Gasteiger partial charge in [-0.05, 0) is 24.0 Å². The molecule has 14 heavy (non-hydrogen) atoms. The molecule has 0 aliphatic heterocycles. The third-order valence-corrected chi connectivity index (χ3v) is 3.51. The zero-order valence-corrected chi connectivity index (χ0v) is 11.2. The lowest BCUT2D eigenvalue weighted by atomic mass is 9.83. The van der Waals surface area contributed by atoms with Crippen molar-refractivity contribution in [2.45, 2.75) is 65.7 Å². The summed E-state index contributed by atoms with van der Waals surface area (Å²) in [6.07, 6.45) is 9.62. The SMILES string of the molecule is CCCC(CCC)C(C)CCCCS. The minimum absolute atomic E-state index is 0.926. The molecule has 0 saturated carbocycles. The number of rotatable bonds is 9. The highest BCUT2D eigenvalue weighted by Crippen LogP contribution is 2.26. The molecule has 0 nitrogen and oxygen atoms in total. The molecule has 0 bridgehead atoms. The van der Waals surface area contributed by atoms with Crippen LogP contribution >= 0.6 is 12.6 Å². The fourth-order valence-electron chi connectivity index (χ4n) is 2.27. The smallest absolute Gasteiger partial charge is 0.00979 e. The Morgan fingerprint density at radius 3 is 1.93 bits per heavy atom. The minimum Gasteiger partial charge on any atom is -0.179 e. The Morgan fingerprint density at radius 1 is 0.929 bits per heavy atom. The topological polar surface area (TPSA) is 0 Å². The molecule has 0 saturated heterocycles. The van der Waals surface area contributed by atoms with E-state index in [-0.39, 0.29) is 0 Å². The van der Waals surface area contributed by atoms with Gasteiger partial charge in [-0.3, -0.25) is 0 Å². The summed E-state index contributed by atoms with van der Waals surface area (Å²) < 4.78 is 0. The van der Waals surface area contributed by atoms with Gasteiger partial charge in [0.05, 0.1) is 0 Å². The average molecular weight is 216 g/mol. The first-order valence-corrected chi connectivity index (χ1v) is 7.00. The molecule has 0 aliphatic rings. The molecule has 0 aliphatic carbocycles. The summed E-state index contributed by atoms with van der Waals surface area (Å²) in [7, 11) is 0. The van der Waals surface area contributed by atoms with Crippen LogP contribution in [0, 0.1) is 11.8 Å². The van der Waals surface area contributed by atoms with Crippen LogP contribution in [0.3, 0.4) is 0 Å². The molecule has 0 aromatic heterocycles. The molecule has 0 aromatic rings. The van der Waals surface area contributed by atoms with E-state index >= 15 is 0 Å². The Kier molecular flexibility index (Phi) is 10.1. The molecule has 0 N–H and O–H groups in total. The van der Waals surface area contributed by atoms with E-state index in [1.807, 2.05) is 0 Å². The van der Waals surface area contributed by atoms with Gasteiger partial charge < -0.3 is 0 Å². The van der Waals surface area contributed by atoms with Crippen LogP contribution in [0.4, 0.5) is 0 Å². The van der Waals surface area contributed by atoms with Gasteiger partial charge in [-0.1, -0.05) is 59.3 Å². The summed E-state index contributed by atoms with van der Waals surface area (Å²) in [6, 6.07) is 0. The van der Waals surface area contributed by atoms with Crippen molar-refractivity contribution in [2.75, 3.05) is 5.75 Å². The van der Waals surface area contributed by atoms with Gasteiger partial charge >= 0.3 is 0 Å². The van der Waals surface area contributed by atoms with Crippen molar-refractivity contribution >= 4 is 12.6 Å². The summed E-state index contributed by atoms with van der Waals surface area (Å²) >= 11 is 4.26. The Hall–Kier alpha value is 0.350. The van der Waals surface area contributed by atoms with E-state index in [0.29, 0.717) is 0 Å². The molecule has 0 aromatic carbocycles. The quantitative estimate of drug-likeness (QED) is 0.409. The van der Waals surface area contributed by atoms with Crippen LogP contribution in [0.2, 0.25) is 0 Å². The maximum atomic E-state index is 4.26. The molecular formula is C13H28S. The van der Waals surface area contributed by atoms with E-state index in [9.17, 15) is 0 Å². The predicted octanol–water partition coefficient (Wildman–Crippen LogP) is 4.94. The first-order valence-electron chi connectivity index (χ1n) is 6.37. The van der Waals surface area contributed by atoms with E-state index < -0.39 is 0 Å². The number of hydrogen-bond donors (Lipinski definition) is 1. The molecule has 0 amide bonds. The Labute approximate surface area is 96.3 Å². The van der Waals surface area contributed by atoms with Crippen LogP contribution in [0.5, 0.6) is 0 Å². The lowest BCUT2D eigenvalue weighted by molar-refractivity contribution is 0.289. The van der Waals surface area contributed by atoms with Crippen molar-refractivity contribution in [3.63, 3.8) is 0 Å². The minimum atomic E-state index is 0.926. The first-order chi connectivity index (χ1) is 6.76. The van der Waals surface area contributed by atoms with Gasteiger partial charge in [0.2, 0.25) is 0 Å². The first kappa shape index (κ1) is 14.3. The largest absolute Gasteiger partial charge is 0.179 e. The number of thiol groups is 1. The van der Waals surface area contributed by atoms with Crippen molar-refractivity contribution < 1.29 is 0 Å². The molecule has 0 radical (unpaired) electrons. The fourth-order valence-corrected chi connectivity index (χ4v) is 2.49. The van der Waals surface area contributed by atoms with Crippen LogP contribution in [0.15, 0.2) is 0 Å². The summed E-state index contributed by atoms with van der Waals surface area (Å²) in [5, 5.41) is 0. The standard InChI is InChI=1S/C13H28S/c1-4-8-13(9-5-2)12(3)10-6-7-11-14/h12-14H,4-11H2,1-3H3. The molecule has 0 spiro atoms. The summed E-state index contributed by atoms with van der Waals surface area (Å²) in [5.41, 5.74) is 0. The third kappa shape index (κ3) is 6.75. The van der Waals surface area contributed by atoms with E-state index in [0.717, 1.165) is 17.6 Å². The van der Waals surface area contributed by atoms with Crippen molar-refractivity contribution in [1.82, 2.24) is 0 Å².